The van der Waals surface area contributed by atoms with Crippen LogP contribution in [0.4, 0.5) is 19.0 Å². The van der Waals surface area contributed by atoms with Crippen LogP contribution in [0.15, 0.2) is 30.6 Å². The van der Waals surface area contributed by atoms with Crippen LogP contribution in [-0.4, -0.2) is 55.6 Å². The van der Waals surface area contributed by atoms with E-state index in [-0.39, 0.29) is 19.9 Å². The van der Waals surface area contributed by atoms with Crippen molar-refractivity contribution >= 4 is 17.4 Å². The summed E-state index contributed by atoms with van der Waals surface area (Å²) in [4.78, 5) is 19.4. The Bertz CT molecular complexity index is 1200. The number of likely N-dealkylation sites (tertiary alicyclic amines) is 1. The summed E-state index contributed by atoms with van der Waals surface area (Å²) < 4.78 is 43.2. The molecule has 8 nitrogen and oxygen atoms in total. The number of alkyl halides is 3. The maximum absolute atomic E-state index is 13.4. The molecule has 0 atom stereocenters. The molecule has 0 radical (unpaired) electrons. The number of halogens is 3. The molecule has 11 heteroatoms. The highest BCUT2D eigenvalue weighted by Gasteiger charge is 2.44. The molecule has 3 aromatic heterocycles. The van der Waals surface area contributed by atoms with Crippen molar-refractivity contribution in [2.45, 2.75) is 51.0 Å². The second-order valence-corrected chi connectivity index (χ2v) is 8.98. The van der Waals surface area contributed by atoms with Gasteiger partial charge in [-0.05, 0) is 44.9 Å². The van der Waals surface area contributed by atoms with Crippen LogP contribution in [0, 0.1) is 0 Å². The molecule has 1 amide bonds. The SMILES string of the molecule is CC(C)Nc1ccnc2c(C(=O)N3CCC4(CC3)NCCn3c(C(F)(F)F)ccc34)cnn12.[HH]. The Morgan fingerprint density at radius 1 is 1.21 bits per heavy atom. The number of hydrogen-bond acceptors (Lipinski definition) is 5. The van der Waals surface area contributed by atoms with Gasteiger partial charge < -0.3 is 20.1 Å². The predicted molar refractivity (Wildman–Crippen MR) is 118 cm³/mol. The molecule has 2 N–H and O–H groups in total. The number of piperidine rings is 1. The van der Waals surface area contributed by atoms with Crippen molar-refractivity contribution in [2.24, 2.45) is 0 Å². The lowest BCUT2D eigenvalue weighted by molar-refractivity contribution is -0.144. The van der Waals surface area contributed by atoms with Crippen molar-refractivity contribution in [2.75, 3.05) is 25.0 Å². The zero-order chi connectivity index (χ0) is 23.4. The maximum atomic E-state index is 13.4. The van der Waals surface area contributed by atoms with Gasteiger partial charge in [-0.2, -0.15) is 22.8 Å². The number of amides is 1. The van der Waals surface area contributed by atoms with Gasteiger partial charge in [-0.1, -0.05) is 0 Å². The van der Waals surface area contributed by atoms with Crippen molar-refractivity contribution in [3.05, 3.63) is 47.5 Å². The van der Waals surface area contributed by atoms with Gasteiger partial charge in [0.1, 0.15) is 17.1 Å². The number of hydrogen-bond donors (Lipinski definition) is 2. The van der Waals surface area contributed by atoms with Crippen LogP contribution < -0.4 is 10.6 Å². The minimum atomic E-state index is -4.38. The quantitative estimate of drug-likeness (QED) is 0.623. The van der Waals surface area contributed by atoms with E-state index in [9.17, 15) is 18.0 Å². The fourth-order valence-corrected chi connectivity index (χ4v) is 5.01. The lowest BCUT2D eigenvalue weighted by Crippen LogP contribution is -2.56. The highest BCUT2D eigenvalue weighted by atomic mass is 19.4. The summed E-state index contributed by atoms with van der Waals surface area (Å²) in [5, 5.41) is 11.1. The second-order valence-electron chi connectivity index (χ2n) is 8.98. The lowest BCUT2D eigenvalue weighted by Gasteiger charge is -2.45. The molecule has 2 aliphatic heterocycles. The molecule has 0 aromatic carbocycles. The monoisotopic (exact) mass is 463 g/mol. The van der Waals surface area contributed by atoms with Crippen LogP contribution in [0.5, 0.6) is 0 Å². The highest BCUT2D eigenvalue weighted by molar-refractivity contribution is 5.99. The Morgan fingerprint density at radius 2 is 1.97 bits per heavy atom. The van der Waals surface area contributed by atoms with E-state index in [0.29, 0.717) is 49.4 Å². The molecule has 5 rings (SSSR count). The summed E-state index contributed by atoms with van der Waals surface area (Å²) in [7, 11) is 0. The zero-order valence-electron chi connectivity index (χ0n) is 18.5. The van der Waals surface area contributed by atoms with Gasteiger partial charge in [-0.15, -0.1) is 0 Å². The molecular formula is C22H28F3N7O. The molecule has 5 heterocycles. The van der Waals surface area contributed by atoms with Crippen LogP contribution in [0.1, 0.15) is 49.9 Å². The molecular weight excluding hydrogens is 435 g/mol. The van der Waals surface area contributed by atoms with E-state index >= 15 is 0 Å². The summed E-state index contributed by atoms with van der Waals surface area (Å²) in [6.45, 7) is 5.63. The van der Waals surface area contributed by atoms with Crippen molar-refractivity contribution < 1.29 is 19.4 Å². The molecule has 0 aliphatic carbocycles. The first-order valence-corrected chi connectivity index (χ1v) is 11.1. The fraction of sp³-hybridized carbons (Fsp3) is 0.500. The standard InChI is InChI=1S/C22H26F3N7O.H2/c1-14(2)29-18-5-8-26-19-15(13-28-32(18)19)20(33)30-10-6-21(7-11-30)16-3-4-17(22(23,24)25)31(16)12-9-27-21;/h3-5,8,13-14,27,29H,6-7,9-12H2,1-2H3;1H. The van der Waals surface area contributed by atoms with E-state index in [1.807, 2.05) is 13.8 Å². The zero-order valence-corrected chi connectivity index (χ0v) is 18.5. The molecule has 1 saturated heterocycles. The van der Waals surface area contributed by atoms with E-state index in [2.05, 4.69) is 20.7 Å². The average Bonchev–Trinajstić information content (AvgIpc) is 3.39. The Balaban J connectivity index is 0.00000274. The van der Waals surface area contributed by atoms with Gasteiger partial charge in [-0.25, -0.2) is 4.98 Å². The van der Waals surface area contributed by atoms with Crippen molar-refractivity contribution in [1.82, 2.24) is 29.4 Å². The number of fused-ring (bicyclic) bond motifs is 3. The van der Waals surface area contributed by atoms with Crippen LogP contribution in [-0.2, 0) is 18.3 Å². The topological polar surface area (TPSA) is 79.5 Å². The third-order valence-corrected chi connectivity index (χ3v) is 6.53. The van der Waals surface area contributed by atoms with Crippen molar-refractivity contribution in [3.8, 4) is 0 Å². The van der Waals surface area contributed by atoms with Crippen LogP contribution in [0.2, 0.25) is 0 Å². The molecule has 1 fully saturated rings. The largest absolute Gasteiger partial charge is 0.431 e. The third kappa shape index (κ3) is 3.64. The molecule has 0 saturated carbocycles. The molecule has 2 aliphatic rings. The maximum Gasteiger partial charge on any atom is 0.431 e. The molecule has 0 bridgehead atoms. The van der Waals surface area contributed by atoms with E-state index in [1.54, 1.807) is 27.7 Å². The van der Waals surface area contributed by atoms with Gasteiger partial charge in [0.2, 0.25) is 0 Å². The molecule has 178 valence electrons. The number of nitrogens with one attached hydrogen (secondary N) is 2. The van der Waals surface area contributed by atoms with Gasteiger partial charge in [-0.3, -0.25) is 4.79 Å². The number of nitrogens with zero attached hydrogens (tertiary/aromatic N) is 5. The van der Waals surface area contributed by atoms with Crippen LogP contribution in [0.25, 0.3) is 5.65 Å². The fourth-order valence-electron chi connectivity index (χ4n) is 5.01. The smallest absolute Gasteiger partial charge is 0.368 e. The summed E-state index contributed by atoms with van der Waals surface area (Å²) >= 11 is 0. The summed E-state index contributed by atoms with van der Waals surface area (Å²) in [6.07, 6.45) is -0.144. The van der Waals surface area contributed by atoms with Gasteiger partial charge in [0.15, 0.2) is 5.65 Å². The number of anilines is 1. The Labute approximate surface area is 190 Å². The Kier molecular flexibility index (Phi) is 5.11. The average molecular weight is 464 g/mol. The predicted octanol–water partition coefficient (Wildman–Crippen LogP) is 3.35. The first-order chi connectivity index (χ1) is 15.7. The van der Waals surface area contributed by atoms with E-state index in [4.69, 9.17) is 0 Å². The van der Waals surface area contributed by atoms with E-state index < -0.39 is 17.4 Å². The first-order valence-electron chi connectivity index (χ1n) is 11.1. The minimum absolute atomic E-state index is 0. The van der Waals surface area contributed by atoms with Gasteiger partial charge >= 0.3 is 6.18 Å². The number of carbonyl (C=O) groups excluding carboxylic acids is 1. The summed E-state index contributed by atoms with van der Waals surface area (Å²) in [5.74, 6) is 0.579. The first kappa shape index (κ1) is 21.7. The molecule has 1 spiro atoms. The van der Waals surface area contributed by atoms with Gasteiger partial charge in [0.25, 0.3) is 5.91 Å². The molecule has 0 unspecified atom stereocenters. The van der Waals surface area contributed by atoms with Crippen molar-refractivity contribution in [3.63, 3.8) is 0 Å². The van der Waals surface area contributed by atoms with Crippen molar-refractivity contribution in [1.29, 1.82) is 0 Å². The summed E-state index contributed by atoms with van der Waals surface area (Å²) in [6, 6.07) is 4.73. The number of rotatable bonds is 3. The third-order valence-electron chi connectivity index (χ3n) is 6.53. The Morgan fingerprint density at radius 3 is 2.67 bits per heavy atom. The number of carbonyl (C=O) groups is 1. The lowest BCUT2D eigenvalue weighted by atomic mass is 9.83. The van der Waals surface area contributed by atoms with Crippen LogP contribution >= 0.6 is 0 Å². The number of aromatic nitrogens is 4. The molecule has 33 heavy (non-hydrogen) atoms. The summed E-state index contributed by atoms with van der Waals surface area (Å²) in [5.41, 5.74) is 0.366. The van der Waals surface area contributed by atoms with E-state index in [1.165, 1.54) is 10.8 Å². The van der Waals surface area contributed by atoms with E-state index in [0.717, 1.165) is 11.9 Å². The Hall–Kier alpha value is -3.08. The molecule has 3 aromatic rings. The minimum Gasteiger partial charge on any atom is -0.368 e. The normalized spacial score (nSPS) is 18.2. The second kappa shape index (κ2) is 7.75. The van der Waals surface area contributed by atoms with Gasteiger partial charge in [0, 0.05) is 45.5 Å². The van der Waals surface area contributed by atoms with Gasteiger partial charge in [0.05, 0.1) is 11.7 Å². The highest BCUT2D eigenvalue weighted by Crippen LogP contribution is 2.40. The van der Waals surface area contributed by atoms with Crippen LogP contribution in [0.3, 0.4) is 0 Å².